The van der Waals surface area contributed by atoms with Gasteiger partial charge < -0.3 is 15.7 Å². The van der Waals surface area contributed by atoms with Crippen LogP contribution in [-0.2, 0) is 11.3 Å². The number of nitrogens with two attached hydrogens (primary N) is 1. The lowest BCUT2D eigenvalue weighted by atomic mass is 10.2. The van der Waals surface area contributed by atoms with Gasteiger partial charge in [0, 0.05) is 13.2 Å². The Hall–Kier alpha value is -1.63. The van der Waals surface area contributed by atoms with Crippen molar-refractivity contribution >= 4 is 5.84 Å². The van der Waals surface area contributed by atoms with Crippen LogP contribution in [0, 0.1) is 0 Å². The molecule has 1 saturated heterocycles. The second-order valence-electron chi connectivity index (χ2n) is 3.74. The Balaban J connectivity index is 1.87. The van der Waals surface area contributed by atoms with Crippen molar-refractivity contribution in [1.82, 2.24) is 14.8 Å². The molecule has 2 heterocycles. The molecule has 1 aromatic rings. The normalized spacial score (nSPS) is 21.5. The molecule has 3 N–H and O–H groups in total. The Kier molecular flexibility index (Phi) is 3.35. The Labute approximate surface area is 92.9 Å². The number of nitrogens with zero attached hydrogens (tertiary/aromatic N) is 4. The van der Waals surface area contributed by atoms with Gasteiger partial charge in [-0.05, 0) is 19.3 Å². The molecule has 1 aromatic heterocycles. The summed E-state index contributed by atoms with van der Waals surface area (Å²) >= 11 is 0. The van der Waals surface area contributed by atoms with Crippen molar-refractivity contribution < 1.29 is 9.94 Å². The molecule has 0 spiro atoms. The molecular formula is C9H15N5O2. The number of hydrogen-bond donors (Lipinski definition) is 2. The zero-order chi connectivity index (χ0) is 11.4. The topological polar surface area (TPSA) is 98.6 Å². The highest BCUT2D eigenvalue weighted by Gasteiger charge is 2.15. The molecule has 16 heavy (non-hydrogen) atoms. The van der Waals surface area contributed by atoms with Crippen LogP contribution in [0.2, 0.25) is 0 Å². The Bertz CT molecular complexity index is 370. The molecule has 1 fully saturated rings. The molecule has 7 nitrogen and oxygen atoms in total. The van der Waals surface area contributed by atoms with Gasteiger partial charge in [0.1, 0.15) is 6.33 Å². The van der Waals surface area contributed by atoms with E-state index in [1.807, 2.05) is 0 Å². The van der Waals surface area contributed by atoms with Crippen molar-refractivity contribution in [1.29, 1.82) is 0 Å². The third-order valence-electron chi connectivity index (χ3n) is 2.58. The standard InChI is InChI=1S/C9H15N5O2/c10-8(13-15)9-11-6-14(12-9)4-3-7-2-1-5-16-7/h6-7,15H,1-5H2,(H2,10,13). The molecule has 0 bridgehead atoms. The summed E-state index contributed by atoms with van der Waals surface area (Å²) in [5.74, 6) is 0.172. The smallest absolute Gasteiger partial charge is 0.219 e. The first-order chi connectivity index (χ1) is 7.79. The first-order valence-corrected chi connectivity index (χ1v) is 5.28. The second-order valence-corrected chi connectivity index (χ2v) is 3.74. The molecule has 1 unspecified atom stereocenters. The summed E-state index contributed by atoms with van der Waals surface area (Å²) in [6, 6.07) is 0. The molecule has 0 amide bonds. The first kappa shape index (κ1) is 10.9. The predicted molar refractivity (Wildman–Crippen MR) is 56.1 cm³/mol. The Morgan fingerprint density at radius 1 is 1.75 bits per heavy atom. The average molecular weight is 225 g/mol. The quantitative estimate of drug-likeness (QED) is 0.324. The highest BCUT2D eigenvalue weighted by Crippen LogP contribution is 2.15. The molecule has 1 atom stereocenters. The minimum absolute atomic E-state index is 0.0733. The van der Waals surface area contributed by atoms with Crippen LogP contribution >= 0.6 is 0 Å². The van der Waals surface area contributed by atoms with Crippen molar-refractivity contribution in [2.75, 3.05) is 6.61 Å². The van der Waals surface area contributed by atoms with Gasteiger partial charge in [-0.25, -0.2) is 4.98 Å². The SMILES string of the molecule is NC(=NO)c1ncn(CCC2CCCO2)n1. The number of hydrogen-bond acceptors (Lipinski definition) is 5. The number of aryl methyl sites for hydroxylation is 1. The van der Waals surface area contributed by atoms with Crippen molar-refractivity contribution in [3.8, 4) is 0 Å². The lowest BCUT2D eigenvalue weighted by molar-refractivity contribution is 0.0994. The van der Waals surface area contributed by atoms with Crippen LogP contribution in [0.1, 0.15) is 25.1 Å². The van der Waals surface area contributed by atoms with Gasteiger partial charge in [-0.3, -0.25) is 4.68 Å². The van der Waals surface area contributed by atoms with Gasteiger partial charge in [0.15, 0.2) is 0 Å². The number of oxime groups is 1. The maximum Gasteiger partial charge on any atom is 0.219 e. The fraction of sp³-hybridized carbons (Fsp3) is 0.667. The van der Waals surface area contributed by atoms with Crippen LogP contribution in [-0.4, -0.2) is 38.5 Å². The van der Waals surface area contributed by atoms with E-state index in [1.165, 1.54) is 0 Å². The van der Waals surface area contributed by atoms with Crippen LogP contribution in [0.5, 0.6) is 0 Å². The summed E-state index contributed by atoms with van der Waals surface area (Å²) in [5, 5.41) is 15.4. The number of rotatable bonds is 4. The van der Waals surface area contributed by atoms with E-state index in [0.29, 0.717) is 6.10 Å². The van der Waals surface area contributed by atoms with E-state index < -0.39 is 0 Å². The lowest BCUT2D eigenvalue weighted by Crippen LogP contribution is -2.16. The molecule has 0 saturated carbocycles. The lowest BCUT2D eigenvalue weighted by Gasteiger charge is -2.07. The zero-order valence-electron chi connectivity index (χ0n) is 8.91. The third-order valence-corrected chi connectivity index (χ3v) is 2.58. The van der Waals surface area contributed by atoms with Gasteiger partial charge in [-0.2, -0.15) is 0 Å². The summed E-state index contributed by atoms with van der Waals surface area (Å²) in [4.78, 5) is 3.93. The largest absolute Gasteiger partial charge is 0.409 e. The van der Waals surface area contributed by atoms with E-state index in [9.17, 15) is 0 Å². The third kappa shape index (κ3) is 2.48. The van der Waals surface area contributed by atoms with Crippen LogP contribution in [0.3, 0.4) is 0 Å². The van der Waals surface area contributed by atoms with Crippen LogP contribution < -0.4 is 5.73 Å². The molecule has 0 aromatic carbocycles. The molecular weight excluding hydrogens is 210 g/mol. The number of ether oxygens (including phenoxy) is 1. The van der Waals surface area contributed by atoms with Gasteiger partial charge in [-0.15, -0.1) is 5.10 Å². The monoisotopic (exact) mass is 225 g/mol. The van der Waals surface area contributed by atoms with Gasteiger partial charge in [-0.1, -0.05) is 5.16 Å². The van der Waals surface area contributed by atoms with Crippen LogP contribution in [0.25, 0.3) is 0 Å². The minimum atomic E-state index is -0.0733. The maximum atomic E-state index is 8.45. The van der Waals surface area contributed by atoms with Gasteiger partial charge in [0.05, 0.1) is 6.10 Å². The summed E-state index contributed by atoms with van der Waals surface area (Å²) in [5.41, 5.74) is 5.36. The minimum Gasteiger partial charge on any atom is -0.409 e. The van der Waals surface area contributed by atoms with Crippen molar-refractivity contribution in [3.63, 3.8) is 0 Å². The highest BCUT2D eigenvalue weighted by molar-refractivity contribution is 5.93. The molecule has 0 aliphatic carbocycles. The van der Waals surface area contributed by atoms with Crippen LogP contribution in [0.4, 0.5) is 0 Å². The Morgan fingerprint density at radius 3 is 3.31 bits per heavy atom. The summed E-state index contributed by atoms with van der Waals surface area (Å²) < 4.78 is 7.18. The van der Waals surface area contributed by atoms with E-state index in [2.05, 4.69) is 15.2 Å². The zero-order valence-corrected chi connectivity index (χ0v) is 8.91. The molecule has 2 rings (SSSR count). The molecule has 88 valence electrons. The van der Waals surface area contributed by atoms with Crippen molar-refractivity contribution in [2.45, 2.75) is 31.9 Å². The van der Waals surface area contributed by atoms with Crippen molar-refractivity contribution in [2.24, 2.45) is 10.9 Å². The fourth-order valence-electron chi connectivity index (χ4n) is 1.71. The van der Waals surface area contributed by atoms with E-state index in [-0.39, 0.29) is 11.7 Å². The molecule has 1 aliphatic heterocycles. The second kappa shape index (κ2) is 4.93. The summed E-state index contributed by atoms with van der Waals surface area (Å²) in [7, 11) is 0. The van der Waals surface area contributed by atoms with Crippen LogP contribution in [0.15, 0.2) is 11.5 Å². The Morgan fingerprint density at radius 2 is 2.62 bits per heavy atom. The predicted octanol–water partition coefficient (Wildman–Crippen LogP) is -0.0583. The van der Waals surface area contributed by atoms with Gasteiger partial charge in [0.25, 0.3) is 0 Å². The van der Waals surface area contributed by atoms with Gasteiger partial charge >= 0.3 is 0 Å². The van der Waals surface area contributed by atoms with E-state index in [1.54, 1.807) is 11.0 Å². The van der Waals surface area contributed by atoms with E-state index >= 15 is 0 Å². The average Bonchev–Trinajstić information content (AvgIpc) is 2.96. The first-order valence-electron chi connectivity index (χ1n) is 5.28. The fourth-order valence-corrected chi connectivity index (χ4v) is 1.71. The van der Waals surface area contributed by atoms with E-state index in [4.69, 9.17) is 15.7 Å². The molecule has 0 radical (unpaired) electrons. The van der Waals surface area contributed by atoms with E-state index in [0.717, 1.165) is 32.4 Å². The molecule has 7 heteroatoms. The number of amidine groups is 1. The summed E-state index contributed by atoms with van der Waals surface area (Å²) in [6.07, 6.45) is 5.07. The number of aromatic nitrogens is 3. The maximum absolute atomic E-state index is 8.45. The molecule has 1 aliphatic rings. The van der Waals surface area contributed by atoms with Gasteiger partial charge in [0.2, 0.25) is 11.7 Å². The summed E-state index contributed by atoms with van der Waals surface area (Å²) in [6.45, 7) is 1.59. The van der Waals surface area contributed by atoms with Crippen molar-refractivity contribution in [3.05, 3.63) is 12.2 Å². The highest BCUT2D eigenvalue weighted by atomic mass is 16.5.